The Balaban J connectivity index is 3.11. The monoisotopic (exact) mass is 284 g/mol. The highest BCUT2D eigenvalue weighted by Crippen LogP contribution is 2.29. The van der Waals surface area contributed by atoms with Crippen LogP contribution in [-0.4, -0.2) is 22.5 Å². The molecule has 1 amide bonds. The van der Waals surface area contributed by atoms with Gasteiger partial charge in [0.05, 0.1) is 10.7 Å². The first-order chi connectivity index (χ1) is 8.86. The molecule has 1 aromatic carbocycles. The molecule has 0 spiro atoms. The van der Waals surface area contributed by atoms with Crippen molar-refractivity contribution in [1.29, 1.82) is 0 Å². The number of anilines is 1. The molecule has 5 nitrogen and oxygen atoms in total. The first-order valence-electron chi connectivity index (χ1n) is 5.97. The van der Waals surface area contributed by atoms with Crippen molar-refractivity contribution in [3.63, 3.8) is 0 Å². The lowest BCUT2D eigenvalue weighted by molar-refractivity contribution is -0.142. The quantitative estimate of drug-likeness (QED) is 0.748. The Morgan fingerprint density at radius 1 is 1.37 bits per heavy atom. The predicted octanol–water partition coefficient (Wildman–Crippen LogP) is 2.49. The number of carbonyl (C=O) groups excluding carboxylic acids is 1. The van der Waals surface area contributed by atoms with Gasteiger partial charge in [0.2, 0.25) is 5.91 Å². The van der Waals surface area contributed by atoms with Gasteiger partial charge in [-0.05, 0) is 31.0 Å². The van der Waals surface area contributed by atoms with Gasteiger partial charge in [-0.3, -0.25) is 4.79 Å². The van der Waals surface area contributed by atoms with Gasteiger partial charge in [-0.1, -0.05) is 25.4 Å². The van der Waals surface area contributed by atoms with Crippen molar-refractivity contribution in [3.8, 4) is 0 Å². The van der Waals surface area contributed by atoms with Crippen LogP contribution in [-0.2, 0) is 4.79 Å². The van der Waals surface area contributed by atoms with Gasteiger partial charge in [0.25, 0.3) is 0 Å². The van der Waals surface area contributed by atoms with Crippen molar-refractivity contribution in [2.45, 2.75) is 32.2 Å². The Hall–Kier alpha value is -1.75. The molecule has 0 heterocycles. The van der Waals surface area contributed by atoms with Gasteiger partial charge in [-0.25, -0.2) is 4.79 Å². The lowest BCUT2D eigenvalue weighted by Crippen LogP contribution is -2.45. The van der Waals surface area contributed by atoms with Gasteiger partial charge in [0, 0.05) is 5.56 Å². The molecule has 19 heavy (non-hydrogen) atoms. The number of halogens is 1. The maximum absolute atomic E-state index is 11.4. The maximum Gasteiger partial charge on any atom is 0.329 e. The smallest absolute Gasteiger partial charge is 0.329 e. The first-order valence-corrected chi connectivity index (χ1v) is 6.35. The second-order valence-corrected chi connectivity index (χ2v) is 4.69. The topological polar surface area (TPSA) is 92.4 Å². The van der Waals surface area contributed by atoms with Crippen molar-refractivity contribution in [2.24, 2.45) is 5.73 Å². The molecule has 0 saturated carbocycles. The van der Waals surface area contributed by atoms with E-state index >= 15 is 0 Å². The number of primary amides is 1. The van der Waals surface area contributed by atoms with Crippen molar-refractivity contribution in [1.82, 2.24) is 0 Å². The van der Waals surface area contributed by atoms with E-state index in [9.17, 15) is 14.7 Å². The average Bonchev–Trinajstić information content (AvgIpc) is 2.37. The fourth-order valence-electron chi connectivity index (χ4n) is 1.81. The Morgan fingerprint density at radius 3 is 2.32 bits per heavy atom. The van der Waals surface area contributed by atoms with Crippen LogP contribution < -0.4 is 11.1 Å². The summed E-state index contributed by atoms with van der Waals surface area (Å²) in [6.07, 6.45) is 0.819. The molecule has 0 aliphatic heterocycles. The standard InChI is InChI=1S/C13H17ClN2O3/c1-3-13(4-2,12(18)19)16-10-6-5-8(11(15)17)7-9(10)14/h5-7,16H,3-4H2,1-2H3,(H2,15,17)(H,18,19). The van der Waals surface area contributed by atoms with Crippen LogP contribution in [0.2, 0.25) is 5.02 Å². The molecule has 0 bridgehead atoms. The van der Waals surface area contributed by atoms with Gasteiger partial charge in [0.15, 0.2) is 0 Å². The molecule has 1 aromatic rings. The Bertz CT molecular complexity index is 499. The summed E-state index contributed by atoms with van der Waals surface area (Å²) in [6, 6.07) is 4.49. The molecule has 104 valence electrons. The minimum absolute atomic E-state index is 0.267. The molecule has 0 unspecified atom stereocenters. The lowest BCUT2D eigenvalue weighted by atomic mass is 9.92. The number of carboxylic acid groups (broad SMARTS) is 1. The summed E-state index contributed by atoms with van der Waals surface area (Å²) in [5.74, 6) is -1.52. The zero-order chi connectivity index (χ0) is 14.6. The average molecular weight is 285 g/mol. The molecule has 0 atom stereocenters. The minimum Gasteiger partial charge on any atom is -0.480 e. The normalized spacial score (nSPS) is 11.1. The lowest BCUT2D eigenvalue weighted by Gasteiger charge is -2.29. The largest absolute Gasteiger partial charge is 0.480 e. The molecule has 0 fully saturated rings. The SMILES string of the molecule is CCC(CC)(Nc1ccc(C(N)=O)cc1Cl)C(=O)O. The second kappa shape index (κ2) is 5.93. The van der Waals surface area contributed by atoms with Crippen LogP contribution in [0.5, 0.6) is 0 Å². The molecule has 6 heteroatoms. The third kappa shape index (κ3) is 3.17. The van der Waals surface area contributed by atoms with Crippen LogP contribution in [0.4, 0.5) is 5.69 Å². The van der Waals surface area contributed by atoms with Gasteiger partial charge in [-0.15, -0.1) is 0 Å². The molecule has 0 saturated heterocycles. The van der Waals surface area contributed by atoms with Crippen molar-refractivity contribution >= 4 is 29.2 Å². The van der Waals surface area contributed by atoms with Crippen LogP contribution >= 0.6 is 11.6 Å². The van der Waals surface area contributed by atoms with Gasteiger partial charge < -0.3 is 16.2 Å². The summed E-state index contributed by atoms with van der Waals surface area (Å²) >= 11 is 6.03. The number of benzene rings is 1. The van der Waals surface area contributed by atoms with Crippen molar-refractivity contribution < 1.29 is 14.7 Å². The zero-order valence-corrected chi connectivity index (χ0v) is 11.6. The Labute approximate surface area is 116 Å². The van der Waals surface area contributed by atoms with Crippen LogP contribution in [0, 0.1) is 0 Å². The van der Waals surface area contributed by atoms with Crippen LogP contribution in [0.1, 0.15) is 37.0 Å². The van der Waals surface area contributed by atoms with Gasteiger partial charge in [-0.2, -0.15) is 0 Å². The van der Waals surface area contributed by atoms with Crippen LogP contribution in [0.15, 0.2) is 18.2 Å². The number of carbonyl (C=O) groups is 2. The Kier molecular flexibility index (Phi) is 4.78. The van der Waals surface area contributed by atoms with Gasteiger partial charge >= 0.3 is 5.97 Å². The summed E-state index contributed by atoms with van der Waals surface area (Å²) in [7, 11) is 0. The van der Waals surface area contributed by atoms with E-state index in [0.717, 1.165) is 0 Å². The summed E-state index contributed by atoms with van der Waals surface area (Å²) in [6.45, 7) is 3.58. The van der Waals surface area contributed by atoms with E-state index in [1.807, 2.05) is 0 Å². The third-order valence-electron chi connectivity index (χ3n) is 3.24. The number of hydrogen-bond acceptors (Lipinski definition) is 3. The van der Waals surface area contributed by atoms with E-state index in [-0.39, 0.29) is 10.6 Å². The minimum atomic E-state index is -1.07. The number of hydrogen-bond donors (Lipinski definition) is 3. The van der Waals surface area contributed by atoms with E-state index < -0.39 is 17.4 Å². The number of amides is 1. The van der Waals surface area contributed by atoms with E-state index in [1.165, 1.54) is 12.1 Å². The van der Waals surface area contributed by atoms with Crippen molar-refractivity contribution in [2.75, 3.05) is 5.32 Å². The third-order valence-corrected chi connectivity index (χ3v) is 3.56. The fourth-order valence-corrected chi connectivity index (χ4v) is 2.04. The number of carboxylic acids is 1. The fraction of sp³-hybridized carbons (Fsp3) is 0.385. The molecule has 4 N–H and O–H groups in total. The molecular weight excluding hydrogens is 268 g/mol. The van der Waals surface area contributed by atoms with E-state index in [4.69, 9.17) is 17.3 Å². The molecular formula is C13H17ClN2O3. The number of nitrogens with two attached hydrogens (primary N) is 1. The maximum atomic E-state index is 11.4. The highest BCUT2D eigenvalue weighted by Gasteiger charge is 2.35. The molecule has 1 rings (SSSR count). The van der Waals surface area contributed by atoms with E-state index in [0.29, 0.717) is 18.5 Å². The predicted molar refractivity (Wildman–Crippen MR) is 74.5 cm³/mol. The molecule has 0 aromatic heterocycles. The van der Waals surface area contributed by atoms with Crippen molar-refractivity contribution in [3.05, 3.63) is 28.8 Å². The van der Waals surface area contributed by atoms with Crippen LogP contribution in [0.25, 0.3) is 0 Å². The highest BCUT2D eigenvalue weighted by molar-refractivity contribution is 6.33. The molecule has 0 aliphatic rings. The molecule has 0 aliphatic carbocycles. The van der Waals surface area contributed by atoms with E-state index in [1.54, 1.807) is 19.9 Å². The summed E-state index contributed by atoms with van der Waals surface area (Å²) in [4.78, 5) is 22.4. The second-order valence-electron chi connectivity index (χ2n) is 4.28. The van der Waals surface area contributed by atoms with E-state index in [2.05, 4.69) is 5.32 Å². The Morgan fingerprint density at radius 2 is 1.95 bits per heavy atom. The van der Waals surface area contributed by atoms with Crippen LogP contribution in [0.3, 0.4) is 0 Å². The first kappa shape index (κ1) is 15.3. The highest BCUT2D eigenvalue weighted by atomic mass is 35.5. The number of nitrogens with one attached hydrogen (secondary N) is 1. The summed E-state index contributed by atoms with van der Waals surface area (Å²) < 4.78 is 0. The zero-order valence-electron chi connectivity index (χ0n) is 10.9. The molecule has 0 radical (unpaired) electrons. The number of aliphatic carboxylic acids is 1. The van der Waals surface area contributed by atoms with Gasteiger partial charge in [0.1, 0.15) is 5.54 Å². The summed E-state index contributed by atoms with van der Waals surface area (Å²) in [5.41, 5.74) is 4.83. The summed E-state index contributed by atoms with van der Waals surface area (Å²) in [5, 5.41) is 12.5. The number of rotatable bonds is 6.